The van der Waals surface area contributed by atoms with E-state index in [0.29, 0.717) is 36.3 Å². The lowest BCUT2D eigenvalue weighted by atomic mass is 9.99. The Morgan fingerprint density at radius 3 is 2.88 bits per heavy atom. The molecule has 0 saturated heterocycles. The first-order valence-electron chi connectivity index (χ1n) is 10.6. The minimum Gasteiger partial charge on any atom is -0.348 e. The van der Waals surface area contributed by atoms with Crippen LogP contribution in [-0.2, 0) is 19.5 Å². The number of nitrogens with one attached hydrogen (secondary N) is 3. The van der Waals surface area contributed by atoms with Gasteiger partial charge in [-0.1, -0.05) is 24.3 Å². The third kappa shape index (κ3) is 4.25. The molecule has 3 heterocycles. The van der Waals surface area contributed by atoms with Gasteiger partial charge in [0.05, 0.1) is 6.20 Å². The molecule has 0 bridgehead atoms. The number of aromatic amines is 1. The zero-order valence-corrected chi connectivity index (χ0v) is 17.6. The maximum Gasteiger partial charge on any atom is 0.322 e. The van der Waals surface area contributed by atoms with E-state index in [1.54, 1.807) is 59.8 Å². The highest BCUT2D eigenvalue weighted by atomic mass is 19.1. The number of fused-ring (bicyclic) bond motifs is 3. The first kappa shape index (κ1) is 20.6. The van der Waals surface area contributed by atoms with Crippen molar-refractivity contribution in [2.24, 2.45) is 0 Å². The Labute approximate surface area is 188 Å². The number of aromatic nitrogens is 3. The predicted octanol–water partition coefficient (Wildman–Crippen LogP) is 3.62. The number of pyridine rings is 1. The lowest BCUT2D eigenvalue weighted by Crippen LogP contribution is -2.39. The van der Waals surface area contributed by atoms with Crippen LogP contribution in [0.1, 0.15) is 27.0 Å². The minimum atomic E-state index is -0.370. The predicted molar refractivity (Wildman–Crippen MR) is 121 cm³/mol. The summed E-state index contributed by atoms with van der Waals surface area (Å²) in [4.78, 5) is 31.4. The highest BCUT2D eigenvalue weighted by Crippen LogP contribution is 2.25. The van der Waals surface area contributed by atoms with Crippen LogP contribution in [0.25, 0.3) is 11.0 Å². The van der Waals surface area contributed by atoms with E-state index in [1.165, 1.54) is 6.07 Å². The standard InChI is InChI=1S/C24H21FN6O2/c25-21-7-2-1-4-16(21)11-27-23(32)15-5-3-6-18(10-15)29-24(33)31-9-8-19-17(14-31)12-26-22-20(19)13-28-30-22/h1-7,10,12-13H,8-9,11,14H2,(H,27,32)(H,29,33)(H,26,28,30). The molecule has 9 heteroatoms. The molecule has 33 heavy (non-hydrogen) atoms. The molecule has 8 nitrogen and oxygen atoms in total. The van der Waals surface area contributed by atoms with Crippen molar-refractivity contribution in [2.75, 3.05) is 11.9 Å². The van der Waals surface area contributed by atoms with Crippen LogP contribution < -0.4 is 10.6 Å². The fourth-order valence-corrected chi connectivity index (χ4v) is 3.99. The second kappa shape index (κ2) is 8.70. The Bertz CT molecular complexity index is 1350. The molecular weight excluding hydrogens is 423 g/mol. The molecule has 3 amide bonds. The van der Waals surface area contributed by atoms with Gasteiger partial charge in [0.1, 0.15) is 5.82 Å². The van der Waals surface area contributed by atoms with Crippen LogP contribution in [0.2, 0.25) is 0 Å². The van der Waals surface area contributed by atoms with Gasteiger partial charge >= 0.3 is 6.03 Å². The largest absolute Gasteiger partial charge is 0.348 e. The van der Waals surface area contributed by atoms with Crippen LogP contribution in [0.15, 0.2) is 60.9 Å². The molecule has 4 aromatic rings. The normalized spacial score (nSPS) is 12.9. The number of nitrogens with zero attached hydrogens (tertiary/aromatic N) is 3. The number of halogens is 1. The molecular formula is C24H21FN6O2. The van der Waals surface area contributed by atoms with E-state index in [0.717, 1.165) is 22.2 Å². The number of amides is 3. The van der Waals surface area contributed by atoms with Gasteiger partial charge in [0.2, 0.25) is 0 Å². The van der Waals surface area contributed by atoms with Gasteiger partial charge in [-0.3, -0.25) is 9.89 Å². The summed E-state index contributed by atoms with van der Waals surface area (Å²) in [5, 5.41) is 13.5. The molecule has 0 fully saturated rings. The third-order valence-corrected chi connectivity index (χ3v) is 5.73. The van der Waals surface area contributed by atoms with Crippen LogP contribution in [0.4, 0.5) is 14.9 Å². The molecule has 1 aliphatic heterocycles. The smallest absolute Gasteiger partial charge is 0.322 e. The number of carbonyl (C=O) groups excluding carboxylic acids is 2. The minimum absolute atomic E-state index is 0.0766. The second-order valence-corrected chi connectivity index (χ2v) is 7.85. The van der Waals surface area contributed by atoms with Crippen LogP contribution in [0.3, 0.4) is 0 Å². The number of urea groups is 1. The number of benzene rings is 2. The van der Waals surface area contributed by atoms with E-state index in [1.807, 2.05) is 0 Å². The average Bonchev–Trinajstić information content (AvgIpc) is 3.32. The number of carbonyl (C=O) groups is 2. The van der Waals surface area contributed by atoms with E-state index >= 15 is 0 Å². The van der Waals surface area contributed by atoms with E-state index in [-0.39, 0.29) is 24.3 Å². The number of hydrogen-bond acceptors (Lipinski definition) is 4. The van der Waals surface area contributed by atoms with E-state index in [4.69, 9.17) is 0 Å². The van der Waals surface area contributed by atoms with Crippen molar-refractivity contribution in [1.82, 2.24) is 25.4 Å². The molecule has 0 unspecified atom stereocenters. The Morgan fingerprint density at radius 2 is 2.00 bits per heavy atom. The first-order valence-corrected chi connectivity index (χ1v) is 10.6. The summed E-state index contributed by atoms with van der Waals surface area (Å²) in [5.74, 6) is -0.720. The molecule has 2 aromatic heterocycles. The molecule has 166 valence electrons. The zero-order valence-electron chi connectivity index (χ0n) is 17.6. The fraction of sp³-hybridized carbons (Fsp3) is 0.167. The van der Waals surface area contributed by atoms with Gasteiger partial charge in [-0.05, 0) is 41.8 Å². The van der Waals surface area contributed by atoms with Crippen molar-refractivity contribution in [1.29, 1.82) is 0 Å². The number of anilines is 1. The van der Waals surface area contributed by atoms with E-state index in [2.05, 4.69) is 25.8 Å². The van der Waals surface area contributed by atoms with Crippen LogP contribution >= 0.6 is 0 Å². The molecule has 0 saturated carbocycles. The van der Waals surface area contributed by atoms with Crippen LogP contribution in [0.5, 0.6) is 0 Å². The lowest BCUT2D eigenvalue weighted by molar-refractivity contribution is 0.0950. The van der Waals surface area contributed by atoms with Crippen molar-refractivity contribution in [2.45, 2.75) is 19.5 Å². The first-order chi connectivity index (χ1) is 16.1. The molecule has 5 rings (SSSR count). The van der Waals surface area contributed by atoms with Crippen LogP contribution in [-0.4, -0.2) is 38.6 Å². The number of hydrogen-bond donors (Lipinski definition) is 3. The molecule has 1 aliphatic rings. The van der Waals surface area contributed by atoms with Crippen LogP contribution in [0, 0.1) is 5.82 Å². The van der Waals surface area contributed by atoms with E-state index < -0.39 is 0 Å². The fourth-order valence-electron chi connectivity index (χ4n) is 3.99. The van der Waals surface area contributed by atoms with Crippen molar-refractivity contribution in [3.63, 3.8) is 0 Å². The Balaban J connectivity index is 1.23. The third-order valence-electron chi connectivity index (χ3n) is 5.73. The van der Waals surface area contributed by atoms with Gasteiger partial charge in [0.15, 0.2) is 5.65 Å². The Morgan fingerprint density at radius 1 is 1.12 bits per heavy atom. The molecule has 2 aromatic carbocycles. The van der Waals surface area contributed by atoms with Gasteiger partial charge in [-0.15, -0.1) is 0 Å². The monoisotopic (exact) mass is 444 g/mol. The van der Waals surface area contributed by atoms with Gasteiger partial charge in [-0.25, -0.2) is 14.2 Å². The highest BCUT2D eigenvalue weighted by Gasteiger charge is 2.23. The number of H-pyrrole nitrogens is 1. The summed E-state index contributed by atoms with van der Waals surface area (Å²) in [6.07, 6.45) is 4.25. The molecule has 0 aliphatic carbocycles. The number of rotatable bonds is 4. The van der Waals surface area contributed by atoms with Crippen molar-refractivity contribution in [3.8, 4) is 0 Å². The maximum atomic E-state index is 13.8. The summed E-state index contributed by atoms with van der Waals surface area (Å²) in [6, 6.07) is 12.7. The zero-order chi connectivity index (χ0) is 22.8. The molecule has 0 radical (unpaired) electrons. The highest BCUT2D eigenvalue weighted by molar-refractivity contribution is 5.97. The van der Waals surface area contributed by atoms with Gasteiger partial charge < -0.3 is 15.5 Å². The van der Waals surface area contributed by atoms with Gasteiger partial charge in [0.25, 0.3) is 5.91 Å². The molecule has 0 spiro atoms. The summed E-state index contributed by atoms with van der Waals surface area (Å²) in [7, 11) is 0. The Hall–Kier alpha value is -4.27. The molecule has 0 atom stereocenters. The summed E-state index contributed by atoms with van der Waals surface area (Å²) in [6.45, 7) is 1.08. The topological polar surface area (TPSA) is 103 Å². The lowest BCUT2D eigenvalue weighted by Gasteiger charge is -2.29. The quantitative estimate of drug-likeness (QED) is 0.447. The van der Waals surface area contributed by atoms with Crippen molar-refractivity contribution < 1.29 is 14.0 Å². The van der Waals surface area contributed by atoms with Gasteiger partial charge in [-0.2, -0.15) is 5.10 Å². The van der Waals surface area contributed by atoms with Crippen molar-refractivity contribution >= 4 is 28.7 Å². The SMILES string of the molecule is O=C(NCc1ccccc1F)c1cccc(NC(=O)N2CCc3c(cnc4[nH]ncc34)C2)c1. The van der Waals surface area contributed by atoms with E-state index in [9.17, 15) is 14.0 Å². The maximum absolute atomic E-state index is 13.8. The van der Waals surface area contributed by atoms with Crippen molar-refractivity contribution in [3.05, 3.63) is 89.0 Å². The molecule has 3 N–H and O–H groups in total. The average molecular weight is 444 g/mol. The summed E-state index contributed by atoms with van der Waals surface area (Å²) < 4.78 is 13.8. The van der Waals surface area contributed by atoms with Gasteiger partial charge in [0, 0.05) is 48.0 Å². The summed E-state index contributed by atoms with van der Waals surface area (Å²) in [5.41, 5.74) is 4.19. The Kier molecular flexibility index (Phi) is 5.43. The second-order valence-electron chi connectivity index (χ2n) is 7.85. The summed E-state index contributed by atoms with van der Waals surface area (Å²) >= 11 is 0.